The predicted molar refractivity (Wildman–Crippen MR) is 72.8 cm³/mol. The largest absolute Gasteiger partial charge is 0.464 e. The van der Waals surface area contributed by atoms with E-state index in [1.807, 2.05) is 6.26 Å². The van der Waals surface area contributed by atoms with Crippen molar-refractivity contribution in [3.63, 3.8) is 0 Å². The van der Waals surface area contributed by atoms with Crippen molar-refractivity contribution in [2.45, 2.75) is 32.7 Å². The second kappa shape index (κ2) is 8.79. The summed E-state index contributed by atoms with van der Waals surface area (Å²) in [5.74, 6) is -1.53. The molecule has 0 aliphatic rings. The Labute approximate surface area is 117 Å². The molecule has 6 nitrogen and oxygen atoms in total. The molecule has 0 aromatic heterocycles. The third-order valence-electron chi connectivity index (χ3n) is 2.32. The van der Waals surface area contributed by atoms with E-state index in [-0.39, 0.29) is 19.6 Å². The van der Waals surface area contributed by atoms with Crippen molar-refractivity contribution in [3.05, 3.63) is 0 Å². The van der Waals surface area contributed by atoms with E-state index in [0.717, 1.165) is 0 Å². The van der Waals surface area contributed by atoms with Crippen molar-refractivity contribution in [2.75, 3.05) is 25.2 Å². The fraction of sp³-hybridized carbons (Fsp3) is 0.750. The molecule has 0 aliphatic heterocycles. The van der Waals surface area contributed by atoms with Gasteiger partial charge < -0.3 is 14.8 Å². The van der Waals surface area contributed by atoms with Crippen LogP contribution in [0.25, 0.3) is 0 Å². The van der Waals surface area contributed by atoms with Gasteiger partial charge in [0.2, 0.25) is 11.4 Å². The van der Waals surface area contributed by atoms with E-state index in [1.54, 1.807) is 13.8 Å². The average Bonchev–Trinajstić information content (AvgIpc) is 2.34. The molecule has 0 radical (unpaired) electrons. The molecule has 0 atom stereocenters. The number of thioether (sulfide) groups is 1. The highest BCUT2D eigenvalue weighted by molar-refractivity contribution is 7.98. The lowest BCUT2D eigenvalue weighted by molar-refractivity contribution is -0.168. The Morgan fingerprint density at radius 2 is 1.58 bits per heavy atom. The average molecular weight is 292 g/mol. The number of carbonyl (C=O) groups is 3. The van der Waals surface area contributed by atoms with E-state index in [1.165, 1.54) is 18.7 Å². The molecule has 0 fully saturated rings. The fourth-order valence-corrected chi connectivity index (χ4v) is 2.03. The summed E-state index contributed by atoms with van der Waals surface area (Å²) in [6.07, 6.45) is 1.97. The van der Waals surface area contributed by atoms with Crippen LogP contribution in [0.5, 0.6) is 0 Å². The zero-order chi connectivity index (χ0) is 14.9. The molecule has 0 heterocycles. The Bertz CT molecular complexity index is 314. The lowest BCUT2D eigenvalue weighted by Crippen LogP contribution is -2.61. The smallest absolute Gasteiger partial charge is 0.343 e. The van der Waals surface area contributed by atoms with Crippen LogP contribution in [0.3, 0.4) is 0 Å². The van der Waals surface area contributed by atoms with Crippen LogP contribution in [0.15, 0.2) is 0 Å². The second-order valence-electron chi connectivity index (χ2n) is 3.77. The summed E-state index contributed by atoms with van der Waals surface area (Å²) in [6.45, 7) is 4.76. The van der Waals surface area contributed by atoms with Gasteiger partial charge in [-0.1, -0.05) is 0 Å². The SMILES string of the molecule is CCOC(=O)C([13CH2]CSC)(NC(C)=O)C(=O)OCC. The first-order valence-electron chi connectivity index (χ1n) is 6.06. The van der Waals surface area contributed by atoms with E-state index < -0.39 is 23.4 Å². The highest BCUT2D eigenvalue weighted by Gasteiger charge is 2.49. The Hall–Kier alpha value is -1.24. The van der Waals surface area contributed by atoms with E-state index >= 15 is 0 Å². The lowest BCUT2D eigenvalue weighted by Gasteiger charge is -2.29. The maximum atomic E-state index is 12.1. The maximum absolute atomic E-state index is 12.1. The number of carbonyl (C=O) groups excluding carboxylic acids is 3. The van der Waals surface area contributed by atoms with Crippen molar-refractivity contribution in [2.24, 2.45) is 0 Å². The van der Waals surface area contributed by atoms with Crippen LogP contribution in [-0.4, -0.2) is 48.6 Å². The fourth-order valence-electron chi connectivity index (χ4n) is 1.52. The monoisotopic (exact) mass is 292 g/mol. The summed E-state index contributed by atoms with van der Waals surface area (Å²) in [4.78, 5) is 35.5. The maximum Gasteiger partial charge on any atom is 0.343 e. The summed E-state index contributed by atoms with van der Waals surface area (Å²) >= 11 is 1.46. The van der Waals surface area contributed by atoms with Gasteiger partial charge in [0.1, 0.15) is 0 Å². The summed E-state index contributed by atoms with van der Waals surface area (Å²) < 4.78 is 9.82. The number of nitrogens with one attached hydrogen (secondary N) is 1. The van der Waals surface area contributed by atoms with Crippen LogP contribution in [0, 0.1) is 0 Å². The van der Waals surface area contributed by atoms with Gasteiger partial charge in [-0.2, -0.15) is 11.8 Å². The number of ether oxygens (including phenoxy) is 2. The minimum atomic E-state index is -1.75. The zero-order valence-corrected chi connectivity index (χ0v) is 12.6. The molecule has 0 unspecified atom stereocenters. The molecule has 0 saturated heterocycles. The molecular formula is C12H21NO5S. The highest BCUT2D eigenvalue weighted by Crippen LogP contribution is 2.18. The van der Waals surface area contributed by atoms with Crippen molar-refractivity contribution in [1.82, 2.24) is 5.32 Å². The number of esters is 2. The third-order valence-corrected chi connectivity index (χ3v) is 2.93. The molecule has 1 amide bonds. The molecule has 0 bridgehead atoms. The number of hydrogen-bond acceptors (Lipinski definition) is 6. The Balaban J connectivity index is 5.35. The summed E-state index contributed by atoms with van der Waals surface area (Å²) in [6, 6.07) is 0. The zero-order valence-electron chi connectivity index (χ0n) is 11.8. The summed E-state index contributed by atoms with van der Waals surface area (Å²) in [5.41, 5.74) is -1.75. The summed E-state index contributed by atoms with van der Waals surface area (Å²) in [7, 11) is 0. The van der Waals surface area contributed by atoms with Crippen LogP contribution < -0.4 is 5.32 Å². The molecule has 110 valence electrons. The van der Waals surface area contributed by atoms with Crippen LogP contribution in [0.1, 0.15) is 27.2 Å². The van der Waals surface area contributed by atoms with E-state index in [2.05, 4.69) is 5.32 Å². The lowest BCUT2D eigenvalue weighted by atomic mass is 10.1. The topological polar surface area (TPSA) is 81.7 Å². The van der Waals surface area contributed by atoms with Gasteiger partial charge in [0, 0.05) is 13.3 Å². The van der Waals surface area contributed by atoms with Crippen molar-refractivity contribution in [1.29, 1.82) is 0 Å². The van der Waals surface area contributed by atoms with Gasteiger partial charge in [-0.05, 0) is 25.9 Å². The first-order chi connectivity index (χ1) is 8.94. The standard InChI is InChI=1S/C12H21NO5S/c1-5-17-10(15)12(7-8-19-4,13-9(3)14)11(16)18-6-2/h5-8H2,1-4H3,(H,13,14)/i7+1. The van der Waals surface area contributed by atoms with Gasteiger partial charge in [0.05, 0.1) is 13.2 Å². The van der Waals surface area contributed by atoms with Crippen molar-refractivity contribution in [3.8, 4) is 0 Å². The first kappa shape index (κ1) is 17.8. The van der Waals surface area contributed by atoms with Gasteiger partial charge in [-0.3, -0.25) is 4.79 Å². The highest BCUT2D eigenvalue weighted by atomic mass is 32.2. The van der Waals surface area contributed by atoms with Crippen LogP contribution in [0.2, 0.25) is 0 Å². The van der Waals surface area contributed by atoms with E-state index in [4.69, 9.17) is 9.47 Å². The Kier molecular flexibility index (Phi) is 8.22. The van der Waals surface area contributed by atoms with Gasteiger partial charge in [0.25, 0.3) is 0 Å². The molecule has 0 aromatic rings. The molecule has 0 aliphatic carbocycles. The quantitative estimate of drug-likeness (QED) is 0.404. The molecule has 7 heteroatoms. The number of hydrogen-bond donors (Lipinski definition) is 1. The van der Waals surface area contributed by atoms with Gasteiger partial charge >= 0.3 is 11.9 Å². The minimum Gasteiger partial charge on any atom is -0.464 e. The Morgan fingerprint density at radius 3 is 1.89 bits per heavy atom. The minimum absolute atomic E-state index is 0.124. The number of amides is 1. The van der Waals surface area contributed by atoms with E-state index in [0.29, 0.717) is 5.75 Å². The molecule has 0 spiro atoms. The van der Waals surface area contributed by atoms with Crippen LogP contribution in [-0.2, 0) is 23.9 Å². The summed E-state index contributed by atoms with van der Waals surface area (Å²) in [5, 5.41) is 2.40. The molecule has 19 heavy (non-hydrogen) atoms. The van der Waals surface area contributed by atoms with Gasteiger partial charge in [-0.25, -0.2) is 9.59 Å². The third kappa shape index (κ3) is 5.10. The molecule has 0 aromatic carbocycles. The predicted octanol–water partition coefficient (Wildman–Crippen LogP) is 0.741. The second-order valence-corrected chi connectivity index (χ2v) is 4.76. The van der Waals surface area contributed by atoms with E-state index in [9.17, 15) is 14.4 Å². The van der Waals surface area contributed by atoms with Gasteiger partial charge in [0.15, 0.2) is 0 Å². The Morgan fingerprint density at radius 1 is 1.11 bits per heavy atom. The molecule has 0 rings (SSSR count). The number of rotatable bonds is 8. The van der Waals surface area contributed by atoms with Crippen LogP contribution >= 0.6 is 11.8 Å². The van der Waals surface area contributed by atoms with Crippen molar-refractivity contribution < 1.29 is 23.9 Å². The van der Waals surface area contributed by atoms with Crippen LogP contribution in [0.4, 0.5) is 0 Å². The normalized spacial score (nSPS) is 10.7. The van der Waals surface area contributed by atoms with Crippen molar-refractivity contribution >= 4 is 29.6 Å². The first-order valence-corrected chi connectivity index (χ1v) is 7.46. The molecule has 0 saturated carbocycles. The molecular weight excluding hydrogens is 271 g/mol. The van der Waals surface area contributed by atoms with Gasteiger partial charge in [-0.15, -0.1) is 0 Å². The molecule has 1 N–H and O–H groups in total.